The fourth-order valence-electron chi connectivity index (χ4n) is 6.16. The molecular weight excluding hydrogens is 404 g/mol. The molecule has 194 valence electrons. The number of fused-ring (bicyclic) bond motifs is 1. The third-order valence-corrected chi connectivity index (χ3v) is 7.61. The summed E-state index contributed by atoms with van der Waals surface area (Å²) < 4.78 is 5.44. The van der Waals surface area contributed by atoms with E-state index in [0.717, 1.165) is 35.8 Å². The van der Waals surface area contributed by atoms with E-state index in [1.54, 1.807) is 12.7 Å². The molecule has 0 saturated heterocycles. The summed E-state index contributed by atoms with van der Waals surface area (Å²) in [6, 6.07) is 6.79. The van der Waals surface area contributed by atoms with Crippen molar-refractivity contribution < 1.29 is 9.53 Å². The van der Waals surface area contributed by atoms with Gasteiger partial charge in [-0.3, -0.25) is 0 Å². The molecule has 0 spiro atoms. The third-order valence-electron chi connectivity index (χ3n) is 7.61. The van der Waals surface area contributed by atoms with Gasteiger partial charge in [0, 0.05) is 0 Å². The van der Waals surface area contributed by atoms with Crippen molar-refractivity contribution in [2.45, 2.75) is 128 Å². The second-order valence-corrected chi connectivity index (χ2v) is 9.00. The summed E-state index contributed by atoms with van der Waals surface area (Å²) in [5.74, 6) is 4.57. The summed E-state index contributed by atoms with van der Waals surface area (Å²) in [5, 5.41) is 0. The van der Waals surface area contributed by atoms with Crippen molar-refractivity contribution in [3.63, 3.8) is 0 Å². The lowest BCUT2D eigenvalue weighted by Gasteiger charge is -2.49. The van der Waals surface area contributed by atoms with Crippen molar-refractivity contribution in [3.05, 3.63) is 29.3 Å². The highest BCUT2D eigenvalue weighted by molar-refractivity contribution is 5.72. The molecule has 5 atom stereocenters. The zero-order chi connectivity index (χ0) is 26.2. The number of benzene rings is 1. The monoisotopic (exact) mass is 462 g/mol. The van der Waals surface area contributed by atoms with Crippen molar-refractivity contribution in [3.8, 4) is 5.75 Å². The number of methoxy groups -OCH3 is 1. The van der Waals surface area contributed by atoms with Crippen molar-refractivity contribution in [1.29, 1.82) is 0 Å². The number of ketones is 1. The minimum absolute atomic E-state index is 0.167. The van der Waals surface area contributed by atoms with Gasteiger partial charge in [-0.05, 0) is 105 Å². The molecular formula is C31H58O2. The molecule has 0 aromatic heterocycles. The van der Waals surface area contributed by atoms with Crippen molar-refractivity contribution in [1.82, 2.24) is 0 Å². The Balaban J connectivity index is 0. The van der Waals surface area contributed by atoms with E-state index in [-0.39, 0.29) is 5.78 Å². The lowest BCUT2D eigenvalue weighted by atomic mass is 9.55. The maximum absolute atomic E-state index is 9.44. The maximum Gasteiger partial charge on any atom is 0.126 e. The summed E-state index contributed by atoms with van der Waals surface area (Å²) in [6.07, 6.45) is 8.17. The molecule has 0 aliphatic heterocycles. The van der Waals surface area contributed by atoms with E-state index >= 15 is 0 Å². The largest absolute Gasteiger partial charge is 0.497 e. The molecule has 2 saturated carbocycles. The number of rotatable bonds is 4. The summed E-state index contributed by atoms with van der Waals surface area (Å²) in [4.78, 5) is 9.44. The molecule has 0 amide bonds. The summed E-state index contributed by atoms with van der Waals surface area (Å²) >= 11 is 0. The van der Waals surface area contributed by atoms with Crippen LogP contribution in [0.4, 0.5) is 0 Å². The highest BCUT2D eigenvalue weighted by atomic mass is 16.5. The quantitative estimate of drug-likeness (QED) is 0.445. The Kier molecular flexibility index (Phi) is 18.5. The van der Waals surface area contributed by atoms with E-state index in [2.05, 4.69) is 45.9 Å². The zero-order valence-corrected chi connectivity index (χ0v) is 24.6. The normalized spacial score (nSPS) is 26.9. The first-order valence-corrected chi connectivity index (χ1v) is 13.9. The predicted molar refractivity (Wildman–Crippen MR) is 149 cm³/mol. The smallest absolute Gasteiger partial charge is 0.126 e. The predicted octanol–water partition coefficient (Wildman–Crippen LogP) is 9.89. The van der Waals surface area contributed by atoms with Crippen molar-refractivity contribution in [2.24, 2.45) is 23.2 Å². The van der Waals surface area contributed by atoms with E-state index in [1.807, 2.05) is 41.5 Å². The second kappa shape index (κ2) is 18.1. The number of hydrogen-bond acceptors (Lipinski definition) is 2. The molecule has 0 heterocycles. The Hall–Kier alpha value is -1.31. The SMILES string of the molecule is CC.CC.CC.CC(C)=O.CCc1cc(OC)ccc1C1CCC2(CC)C(C)CCC2C1C. The van der Waals surface area contributed by atoms with Crippen LogP contribution in [0, 0.1) is 23.2 Å². The fraction of sp³-hybridized carbons (Fsp3) is 0.774. The number of aryl methyl sites for hydroxylation is 1. The van der Waals surface area contributed by atoms with Crippen LogP contribution in [0.15, 0.2) is 18.2 Å². The minimum Gasteiger partial charge on any atom is -0.497 e. The summed E-state index contributed by atoms with van der Waals surface area (Å²) in [6.45, 7) is 24.8. The van der Waals surface area contributed by atoms with Crippen LogP contribution in [0.5, 0.6) is 5.75 Å². The van der Waals surface area contributed by atoms with Crippen molar-refractivity contribution in [2.75, 3.05) is 7.11 Å². The number of Topliss-reactive ketones (excluding diaryl/α,β-unsaturated/α-hetero) is 1. The molecule has 2 fully saturated rings. The van der Waals surface area contributed by atoms with Crippen LogP contribution in [-0.4, -0.2) is 12.9 Å². The molecule has 5 unspecified atom stereocenters. The fourth-order valence-corrected chi connectivity index (χ4v) is 6.16. The van der Waals surface area contributed by atoms with Gasteiger partial charge in [-0.25, -0.2) is 0 Å². The van der Waals surface area contributed by atoms with Crippen LogP contribution in [0.25, 0.3) is 0 Å². The number of ether oxygens (including phenoxy) is 1. The van der Waals surface area contributed by atoms with Gasteiger partial charge in [0.15, 0.2) is 0 Å². The topological polar surface area (TPSA) is 26.3 Å². The van der Waals surface area contributed by atoms with E-state index in [4.69, 9.17) is 4.74 Å². The molecule has 0 N–H and O–H groups in total. The Bertz CT molecular complexity index is 632. The standard InChI is InChI=1S/C22H34O.C3H6O.3C2H6/c1-6-17-14-18(23-5)9-10-20(17)19-12-13-22(7-2)15(3)8-11-21(22)16(19)4;1-3(2)4;3*1-2/h9-10,14-16,19,21H,6-8,11-13H2,1-5H3;1-2H3;3*1-2H3. The van der Waals surface area contributed by atoms with E-state index in [0.29, 0.717) is 5.41 Å². The van der Waals surface area contributed by atoms with Gasteiger partial charge in [-0.1, -0.05) is 75.3 Å². The van der Waals surface area contributed by atoms with Crippen LogP contribution in [0.1, 0.15) is 132 Å². The van der Waals surface area contributed by atoms with Gasteiger partial charge in [0.05, 0.1) is 7.11 Å². The van der Waals surface area contributed by atoms with E-state index < -0.39 is 0 Å². The van der Waals surface area contributed by atoms with Crippen molar-refractivity contribution >= 4 is 5.78 Å². The van der Waals surface area contributed by atoms with E-state index in [9.17, 15) is 4.79 Å². The molecule has 2 aliphatic carbocycles. The molecule has 1 aromatic carbocycles. The third kappa shape index (κ3) is 8.76. The summed E-state index contributed by atoms with van der Waals surface area (Å²) in [5.41, 5.74) is 3.73. The van der Waals surface area contributed by atoms with Gasteiger partial charge in [0.1, 0.15) is 11.5 Å². The average Bonchev–Trinajstić information content (AvgIpc) is 3.20. The molecule has 3 rings (SSSR count). The number of carbonyl (C=O) groups excluding carboxylic acids is 1. The Labute approximate surface area is 208 Å². The van der Waals surface area contributed by atoms with Crippen LogP contribution >= 0.6 is 0 Å². The van der Waals surface area contributed by atoms with Gasteiger partial charge in [-0.2, -0.15) is 0 Å². The second-order valence-electron chi connectivity index (χ2n) is 9.00. The number of carbonyl (C=O) groups is 1. The average molecular weight is 463 g/mol. The molecule has 0 bridgehead atoms. The Morgan fingerprint density at radius 1 is 0.970 bits per heavy atom. The lowest BCUT2D eigenvalue weighted by Crippen LogP contribution is -2.40. The lowest BCUT2D eigenvalue weighted by molar-refractivity contribution is -0.114. The van der Waals surface area contributed by atoms with Crippen LogP contribution in [0.2, 0.25) is 0 Å². The Morgan fingerprint density at radius 2 is 1.52 bits per heavy atom. The van der Waals surface area contributed by atoms with E-state index in [1.165, 1.54) is 51.5 Å². The summed E-state index contributed by atoms with van der Waals surface area (Å²) in [7, 11) is 1.77. The van der Waals surface area contributed by atoms with Gasteiger partial charge < -0.3 is 9.53 Å². The molecule has 2 heteroatoms. The van der Waals surface area contributed by atoms with Crippen LogP contribution in [-0.2, 0) is 11.2 Å². The van der Waals surface area contributed by atoms with Gasteiger partial charge in [0.2, 0.25) is 0 Å². The van der Waals surface area contributed by atoms with Gasteiger partial charge >= 0.3 is 0 Å². The first kappa shape index (κ1) is 33.9. The number of hydrogen-bond donors (Lipinski definition) is 0. The molecule has 2 nitrogen and oxygen atoms in total. The van der Waals surface area contributed by atoms with Crippen LogP contribution < -0.4 is 4.74 Å². The minimum atomic E-state index is 0.167. The first-order valence-electron chi connectivity index (χ1n) is 13.9. The highest BCUT2D eigenvalue weighted by Gasteiger charge is 2.52. The Morgan fingerprint density at radius 3 is 1.97 bits per heavy atom. The maximum atomic E-state index is 9.44. The van der Waals surface area contributed by atoms with Crippen LogP contribution in [0.3, 0.4) is 0 Å². The van der Waals surface area contributed by atoms with Gasteiger partial charge in [-0.15, -0.1) is 0 Å². The molecule has 0 radical (unpaired) electrons. The highest BCUT2D eigenvalue weighted by Crippen LogP contribution is 2.62. The molecule has 33 heavy (non-hydrogen) atoms. The first-order chi connectivity index (χ1) is 15.8. The van der Waals surface area contributed by atoms with Gasteiger partial charge in [0.25, 0.3) is 0 Å². The molecule has 1 aromatic rings. The molecule has 2 aliphatic rings. The zero-order valence-electron chi connectivity index (χ0n) is 24.6.